The van der Waals surface area contributed by atoms with E-state index in [-0.39, 0.29) is 11.5 Å². The number of carbonyl (C=O) groups excluding carboxylic acids is 1. The summed E-state index contributed by atoms with van der Waals surface area (Å²) in [5.74, 6) is 0.463. The van der Waals surface area contributed by atoms with Crippen molar-refractivity contribution in [3.63, 3.8) is 0 Å². The quantitative estimate of drug-likeness (QED) is 0.432. The highest BCUT2D eigenvalue weighted by molar-refractivity contribution is 5.84. The first-order valence-electron chi connectivity index (χ1n) is 11.5. The molecule has 34 heavy (non-hydrogen) atoms. The highest BCUT2D eigenvalue weighted by Crippen LogP contribution is 2.22. The Morgan fingerprint density at radius 1 is 1.03 bits per heavy atom. The minimum absolute atomic E-state index is 0.268. The van der Waals surface area contributed by atoms with Gasteiger partial charge < -0.3 is 10.1 Å². The van der Waals surface area contributed by atoms with Crippen molar-refractivity contribution in [3.8, 4) is 11.4 Å². The van der Waals surface area contributed by atoms with Gasteiger partial charge in [0, 0.05) is 12.1 Å². The molecule has 2 aromatic heterocycles. The average molecular weight is 460 g/mol. The second-order valence-corrected chi connectivity index (χ2v) is 8.07. The zero-order valence-electron chi connectivity index (χ0n) is 19.9. The maximum absolute atomic E-state index is 13.5. The van der Waals surface area contributed by atoms with Crippen molar-refractivity contribution in [2.45, 2.75) is 46.7 Å². The molecule has 4 aromatic rings. The van der Waals surface area contributed by atoms with E-state index in [2.05, 4.69) is 15.5 Å². The summed E-state index contributed by atoms with van der Waals surface area (Å²) in [7, 11) is 0. The van der Waals surface area contributed by atoms with Crippen molar-refractivity contribution in [3.05, 3.63) is 81.9 Å². The smallest absolute Gasteiger partial charge is 0.278 e. The van der Waals surface area contributed by atoms with Crippen LogP contribution in [0.5, 0.6) is 5.75 Å². The predicted octanol–water partition coefficient (Wildman–Crippen LogP) is 3.87. The van der Waals surface area contributed by atoms with Crippen molar-refractivity contribution in [1.82, 2.24) is 24.9 Å². The van der Waals surface area contributed by atoms with Gasteiger partial charge in [-0.15, -0.1) is 0 Å². The summed E-state index contributed by atoms with van der Waals surface area (Å²) in [6, 6.07) is 16.5. The van der Waals surface area contributed by atoms with Crippen LogP contribution in [0.25, 0.3) is 16.6 Å². The summed E-state index contributed by atoms with van der Waals surface area (Å²) in [5.41, 5.74) is 3.27. The van der Waals surface area contributed by atoms with Crippen LogP contribution in [0.15, 0.2) is 59.4 Å². The summed E-state index contributed by atoms with van der Waals surface area (Å²) in [4.78, 5) is 26.7. The number of aromatic nitrogens is 4. The van der Waals surface area contributed by atoms with Gasteiger partial charge in [0.1, 0.15) is 17.3 Å². The molecule has 0 saturated carbocycles. The van der Waals surface area contributed by atoms with Crippen LogP contribution in [0.3, 0.4) is 0 Å². The average Bonchev–Trinajstić information content (AvgIpc) is 3.21. The largest absolute Gasteiger partial charge is 0.494 e. The molecule has 1 atom stereocenters. The van der Waals surface area contributed by atoms with Crippen LogP contribution in [0, 0.1) is 13.8 Å². The Labute approximate surface area is 198 Å². The molecule has 1 amide bonds. The van der Waals surface area contributed by atoms with Gasteiger partial charge in [-0.05, 0) is 45.4 Å². The molecule has 0 fully saturated rings. The summed E-state index contributed by atoms with van der Waals surface area (Å²) >= 11 is 0. The van der Waals surface area contributed by atoms with Crippen LogP contribution in [0.4, 0.5) is 0 Å². The Hall–Kier alpha value is -3.94. The molecular weight excluding hydrogens is 430 g/mol. The van der Waals surface area contributed by atoms with Gasteiger partial charge in [-0.1, -0.05) is 43.3 Å². The highest BCUT2D eigenvalue weighted by atomic mass is 16.5. The zero-order valence-corrected chi connectivity index (χ0v) is 19.9. The molecule has 2 heterocycles. The molecule has 1 N–H and O–H groups in total. The van der Waals surface area contributed by atoms with Gasteiger partial charge in [0.05, 0.1) is 29.1 Å². The van der Waals surface area contributed by atoms with Gasteiger partial charge >= 0.3 is 0 Å². The van der Waals surface area contributed by atoms with E-state index in [0.29, 0.717) is 41.9 Å². The topological polar surface area (TPSA) is 91.0 Å². The molecule has 176 valence electrons. The number of nitrogens with one attached hydrogen (secondary N) is 1. The number of hydrogen-bond donors (Lipinski definition) is 1. The van der Waals surface area contributed by atoms with Gasteiger partial charge in [-0.2, -0.15) is 10.2 Å². The van der Waals surface area contributed by atoms with Crippen molar-refractivity contribution in [2.75, 3.05) is 6.61 Å². The Bertz CT molecular complexity index is 1370. The Morgan fingerprint density at radius 2 is 1.74 bits per heavy atom. The molecule has 0 aliphatic carbocycles. The van der Waals surface area contributed by atoms with Gasteiger partial charge in [0.15, 0.2) is 0 Å². The monoisotopic (exact) mass is 459 g/mol. The van der Waals surface area contributed by atoms with Crippen LogP contribution in [-0.2, 0) is 11.3 Å². The lowest BCUT2D eigenvalue weighted by atomic mass is 10.1. The number of amides is 1. The van der Waals surface area contributed by atoms with E-state index >= 15 is 0 Å². The van der Waals surface area contributed by atoms with Crippen LogP contribution in [-0.4, -0.2) is 32.1 Å². The Balaban J connectivity index is 1.68. The molecule has 0 radical (unpaired) electrons. The van der Waals surface area contributed by atoms with E-state index in [1.807, 2.05) is 82.3 Å². The second kappa shape index (κ2) is 9.91. The van der Waals surface area contributed by atoms with Crippen molar-refractivity contribution in [1.29, 1.82) is 0 Å². The first kappa shape index (κ1) is 23.2. The van der Waals surface area contributed by atoms with Crippen molar-refractivity contribution in [2.24, 2.45) is 0 Å². The van der Waals surface area contributed by atoms with Gasteiger partial charge in [0.2, 0.25) is 5.91 Å². The molecular formula is C26H29N5O3. The fraction of sp³-hybridized carbons (Fsp3) is 0.308. The third-order valence-electron chi connectivity index (χ3n) is 5.85. The molecule has 0 bridgehead atoms. The number of aryl methyl sites for hydroxylation is 2. The van der Waals surface area contributed by atoms with Crippen LogP contribution < -0.4 is 15.6 Å². The number of para-hydroxylation sites is 2. The molecule has 0 aliphatic rings. The Kier molecular flexibility index (Phi) is 6.77. The maximum Gasteiger partial charge on any atom is 0.278 e. The number of fused-ring (bicyclic) bond motifs is 1. The number of benzene rings is 2. The Morgan fingerprint density at radius 3 is 2.44 bits per heavy atom. The van der Waals surface area contributed by atoms with E-state index in [0.717, 1.165) is 17.0 Å². The molecule has 8 nitrogen and oxygen atoms in total. The minimum Gasteiger partial charge on any atom is -0.494 e. The molecule has 4 rings (SSSR count). The number of nitrogens with zero attached hydrogens (tertiary/aromatic N) is 4. The standard InChI is InChI=1S/C26H29N5O3/c1-5-21(25(32)27-16-19-12-10-11-15-22(19)34-6-2)31-26(33)23-18(4)30(20-13-8-7-9-14-20)29-24(23)17(3)28-31/h7-15,21H,5-6,16H2,1-4H3,(H,27,32). The third kappa shape index (κ3) is 4.31. The predicted molar refractivity (Wildman–Crippen MR) is 131 cm³/mol. The highest BCUT2D eigenvalue weighted by Gasteiger charge is 2.25. The van der Waals surface area contributed by atoms with Crippen LogP contribution >= 0.6 is 0 Å². The third-order valence-corrected chi connectivity index (χ3v) is 5.85. The lowest BCUT2D eigenvalue weighted by molar-refractivity contribution is -0.125. The molecule has 0 saturated heterocycles. The summed E-state index contributed by atoms with van der Waals surface area (Å²) < 4.78 is 8.69. The number of hydrogen-bond acceptors (Lipinski definition) is 5. The molecule has 8 heteroatoms. The van der Waals surface area contributed by atoms with E-state index in [9.17, 15) is 9.59 Å². The first-order chi connectivity index (χ1) is 16.5. The van der Waals surface area contributed by atoms with Crippen molar-refractivity contribution < 1.29 is 9.53 Å². The van der Waals surface area contributed by atoms with Crippen molar-refractivity contribution >= 4 is 16.8 Å². The normalized spacial score (nSPS) is 12.0. The van der Waals surface area contributed by atoms with Gasteiger partial charge in [-0.3, -0.25) is 9.59 Å². The zero-order chi connectivity index (χ0) is 24.2. The second-order valence-electron chi connectivity index (χ2n) is 8.07. The van der Waals surface area contributed by atoms with E-state index < -0.39 is 6.04 Å². The van der Waals surface area contributed by atoms with Crippen LogP contribution in [0.2, 0.25) is 0 Å². The maximum atomic E-state index is 13.5. The number of carbonyl (C=O) groups is 1. The SMILES string of the molecule is CCOc1ccccc1CNC(=O)C(CC)n1nc(C)c2nn(-c3ccccc3)c(C)c2c1=O. The summed E-state index contributed by atoms with van der Waals surface area (Å²) in [6.07, 6.45) is 0.419. The lowest BCUT2D eigenvalue weighted by Gasteiger charge is -2.18. The summed E-state index contributed by atoms with van der Waals surface area (Å²) in [6.45, 7) is 8.29. The summed E-state index contributed by atoms with van der Waals surface area (Å²) in [5, 5.41) is 12.6. The molecule has 1 unspecified atom stereocenters. The molecule has 0 aliphatic heterocycles. The fourth-order valence-corrected chi connectivity index (χ4v) is 4.13. The lowest BCUT2D eigenvalue weighted by Crippen LogP contribution is -2.38. The first-order valence-corrected chi connectivity index (χ1v) is 11.5. The fourth-order valence-electron chi connectivity index (χ4n) is 4.13. The number of ether oxygens (including phenoxy) is 1. The number of rotatable bonds is 8. The van der Waals surface area contributed by atoms with Gasteiger partial charge in [-0.25, -0.2) is 9.36 Å². The molecule has 2 aromatic carbocycles. The minimum atomic E-state index is -0.741. The van der Waals surface area contributed by atoms with Gasteiger partial charge in [0.25, 0.3) is 5.56 Å². The van der Waals surface area contributed by atoms with E-state index in [4.69, 9.17) is 4.74 Å². The van der Waals surface area contributed by atoms with Crippen LogP contribution in [0.1, 0.15) is 43.3 Å². The van der Waals surface area contributed by atoms with E-state index in [1.54, 1.807) is 4.68 Å². The van der Waals surface area contributed by atoms with E-state index in [1.165, 1.54) is 4.68 Å². The molecule has 0 spiro atoms.